The average Bonchev–Trinajstić information content (AvgIpc) is 1.82. The van der Waals surface area contributed by atoms with Crippen LogP contribution in [0.3, 0.4) is 0 Å². The molecule has 0 heterocycles. The van der Waals surface area contributed by atoms with Gasteiger partial charge >= 0.3 is 0 Å². The van der Waals surface area contributed by atoms with Crippen molar-refractivity contribution in [2.75, 3.05) is 6.54 Å². The molecule has 3 N–H and O–H groups in total. The minimum absolute atomic E-state index is 0.112. The number of hydrogen-bond donors (Lipinski definition) is 2. The molecule has 0 aromatic rings. The monoisotopic (exact) mass is 142 g/mol. The second kappa shape index (κ2) is 3.93. The molecule has 0 aliphatic heterocycles. The van der Waals surface area contributed by atoms with Crippen LogP contribution < -0.4 is 11.1 Å². The van der Waals surface area contributed by atoms with Crippen molar-refractivity contribution < 1.29 is 4.79 Å². The molecule has 0 aromatic carbocycles. The van der Waals surface area contributed by atoms with Crippen molar-refractivity contribution >= 4 is 5.78 Å². The molecule has 3 nitrogen and oxygen atoms in total. The van der Waals surface area contributed by atoms with Gasteiger partial charge in [0.15, 0.2) is 0 Å². The Bertz CT molecular complexity index is 157. The number of ketones is 1. The van der Waals surface area contributed by atoms with Gasteiger partial charge in [-0.05, 0) is 20.8 Å². The third kappa shape index (κ3) is 3.95. The van der Waals surface area contributed by atoms with Crippen molar-refractivity contribution in [2.45, 2.75) is 20.8 Å². The summed E-state index contributed by atoms with van der Waals surface area (Å²) in [6.45, 7) is 5.53. The Morgan fingerprint density at radius 2 is 1.90 bits per heavy atom. The third-order valence-corrected chi connectivity index (χ3v) is 1.19. The van der Waals surface area contributed by atoms with E-state index >= 15 is 0 Å². The third-order valence-electron chi connectivity index (χ3n) is 1.19. The Kier molecular flexibility index (Phi) is 3.54. The molecule has 0 saturated carbocycles. The molecule has 0 radical (unpaired) electrons. The van der Waals surface area contributed by atoms with Crippen LogP contribution in [0.5, 0.6) is 0 Å². The van der Waals surface area contributed by atoms with E-state index in [2.05, 4.69) is 5.32 Å². The molecule has 0 aromatic heterocycles. The number of rotatable bonds is 3. The molecule has 3 heteroatoms. The first kappa shape index (κ1) is 9.01. The van der Waals surface area contributed by atoms with Gasteiger partial charge in [0.05, 0.1) is 6.54 Å². The largest absolute Gasteiger partial charge is 0.401 e. The molecule has 0 aliphatic rings. The van der Waals surface area contributed by atoms with E-state index in [1.807, 2.05) is 6.92 Å². The van der Waals surface area contributed by atoms with Gasteiger partial charge in [-0.25, -0.2) is 0 Å². The van der Waals surface area contributed by atoms with Crippen LogP contribution >= 0.6 is 0 Å². The lowest BCUT2D eigenvalue weighted by Crippen LogP contribution is -2.21. The molecular weight excluding hydrogens is 128 g/mol. The molecule has 0 spiro atoms. The van der Waals surface area contributed by atoms with Crippen LogP contribution in [0.25, 0.3) is 0 Å². The van der Waals surface area contributed by atoms with E-state index in [1.165, 1.54) is 6.92 Å². The van der Waals surface area contributed by atoms with Gasteiger partial charge in [0.2, 0.25) is 0 Å². The number of allylic oxidation sites excluding steroid dienone is 2. The molecule has 0 fully saturated rings. The Morgan fingerprint density at radius 1 is 1.40 bits per heavy atom. The van der Waals surface area contributed by atoms with Crippen molar-refractivity contribution in [3.05, 3.63) is 11.4 Å². The number of Topliss-reactive ketones (excluding diaryl/α,β-unsaturated/α-hetero) is 1. The normalized spacial score (nSPS) is 12.3. The van der Waals surface area contributed by atoms with Crippen LogP contribution in [0.2, 0.25) is 0 Å². The number of nitrogens with one attached hydrogen (secondary N) is 1. The molecule has 10 heavy (non-hydrogen) atoms. The lowest BCUT2D eigenvalue weighted by atomic mass is 10.3. The van der Waals surface area contributed by atoms with Crippen molar-refractivity contribution in [1.82, 2.24) is 5.32 Å². The zero-order chi connectivity index (χ0) is 8.15. The maximum Gasteiger partial charge on any atom is 0.148 e. The number of nitrogens with two attached hydrogens (primary N) is 1. The first-order chi connectivity index (χ1) is 4.54. The average molecular weight is 142 g/mol. The highest BCUT2D eigenvalue weighted by Crippen LogP contribution is 1.89. The van der Waals surface area contributed by atoms with Crippen LogP contribution in [-0.4, -0.2) is 12.3 Å². The topological polar surface area (TPSA) is 55.1 Å². The fraction of sp³-hybridized carbons (Fsp3) is 0.571. The zero-order valence-corrected chi connectivity index (χ0v) is 6.69. The molecule has 0 atom stereocenters. The molecule has 0 bridgehead atoms. The molecule has 0 unspecified atom stereocenters. The Balaban J connectivity index is 3.71. The summed E-state index contributed by atoms with van der Waals surface area (Å²) in [7, 11) is 0. The predicted molar refractivity (Wildman–Crippen MR) is 41.2 cm³/mol. The van der Waals surface area contributed by atoms with Crippen LogP contribution in [0.1, 0.15) is 20.8 Å². The quantitative estimate of drug-likeness (QED) is 0.598. The van der Waals surface area contributed by atoms with E-state index in [-0.39, 0.29) is 5.78 Å². The van der Waals surface area contributed by atoms with Gasteiger partial charge in [-0.3, -0.25) is 4.79 Å². The van der Waals surface area contributed by atoms with Gasteiger partial charge in [0.25, 0.3) is 0 Å². The minimum Gasteiger partial charge on any atom is -0.401 e. The van der Waals surface area contributed by atoms with Gasteiger partial charge < -0.3 is 11.1 Å². The van der Waals surface area contributed by atoms with Gasteiger partial charge in [-0.1, -0.05) is 0 Å². The summed E-state index contributed by atoms with van der Waals surface area (Å²) >= 11 is 0. The molecule has 58 valence electrons. The second-order valence-corrected chi connectivity index (χ2v) is 2.36. The first-order valence-corrected chi connectivity index (χ1v) is 3.20. The molecular formula is C7H14N2O. The highest BCUT2D eigenvalue weighted by molar-refractivity contribution is 5.77. The van der Waals surface area contributed by atoms with Gasteiger partial charge in [-0.15, -0.1) is 0 Å². The Morgan fingerprint density at radius 3 is 2.20 bits per heavy atom. The van der Waals surface area contributed by atoms with E-state index in [0.29, 0.717) is 6.54 Å². The maximum atomic E-state index is 10.4. The highest BCUT2D eigenvalue weighted by Gasteiger charge is 1.93. The van der Waals surface area contributed by atoms with Crippen molar-refractivity contribution in [2.24, 2.45) is 5.73 Å². The SMILES string of the molecule is CC(=O)CN/C(C)=C(/C)N. The standard InChI is InChI=1S/C7H14N2O/c1-5(10)4-9-7(3)6(2)8/h9H,4,8H2,1-3H3/b7-6-. The summed E-state index contributed by atoms with van der Waals surface area (Å²) in [6, 6.07) is 0. The van der Waals surface area contributed by atoms with Crippen LogP contribution in [0, 0.1) is 0 Å². The Labute approximate surface area is 61.3 Å². The lowest BCUT2D eigenvalue weighted by molar-refractivity contribution is -0.116. The summed E-state index contributed by atoms with van der Waals surface area (Å²) in [6.07, 6.45) is 0. The van der Waals surface area contributed by atoms with Crippen molar-refractivity contribution in [1.29, 1.82) is 0 Å². The van der Waals surface area contributed by atoms with Crippen molar-refractivity contribution in [3.63, 3.8) is 0 Å². The number of carbonyl (C=O) groups excluding carboxylic acids is 1. The van der Waals surface area contributed by atoms with E-state index in [1.54, 1.807) is 6.92 Å². The minimum atomic E-state index is 0.112. The summed E-state index contributed by atoms with van der Waals surface area (Å²) in [4.78, 5) is 10.4. The van der Waals surface area contributed by atoms with Crippen LogP contribution in [0.15, 0.2) is 11.4 Å². The molecule has 0 rings (SSSR count). The van der Waals surface area contributed by atoms with E-state index in [0.717, 1.165) is 11.4 Å². The van der Waals surface area contributed by atoms with E-state index in [9.17, 15) is 4.79 Å². The zero-order valence-electron chi connectivity index (χ0n) is 6.69. The van der Waals surface area contributed by atoms with Gasteiger partial charge in [0.1, 0.15) is 5.78 Å². The van der Waals surface area contributed by atoms with Gasteiger partial charge in [0, 0.05) is 11.4 Å². The highest BCUT2D eigenvalue weighted by atomic mass is 16.1. The maximum absolute atomic E-state index is 10.4. The Hall–Kier alpha value is -0.990. The number of hydrogen-bond acceptors (Lipinski definition) is 3. The fourth-order valence-electron chi connectivity index (χ4n) is 0.396. The summed E-state index contributed by atoms with van der Waals surface area (Å²) in [5.74, 6) is 0.112. The summed E-state index contributed by atoms with van der Waals surface area (Å²) in [5, 5.41) is 2.89. The van der Waals surface area contributed by atoms with E-state index < -0.39 is 0 Å². The predicted octanol–water partition coefficient (Wildman–Crippen LogP) is 0.375. The van der Waals surface area contributed by atoms with Gasteiger partial charge in [-0.2, -0.15) is 0 Å². The fourth-order valence-corrected chi connectivity index (χ4v) is 0.396. The molecule has 0 amide bonds. The van der Waals surface area contributed by atoms with Crippen LogP contribution in [0.4, 0.5) is 0 Å². The molecule has 0 saturated heterocycles. The van der Waals surface area contributed by atoms with E-state index in [4.69, 9.17) is 5.73 Å². The first-order valence-electron chi connectivity index (χ1n) is 3.20. The molecule has 0 aliphatic carbocycles. The van der Waals surface area contributed by atoms with Crippen LogP contribution in [-0.2, 0) is 4.79 Å². The second-order valence-electron chi connectivity index (χ2n) is 2.36. The summed E-state index contributed by atoms with van der Waals surface area (Å²) < 4.78 is 0. The van der Waals surface area contributed by atoms with Crippen molar-refractivity contribution in [3.8, 4) is 0 Å². The lowest BCUT2D eigenvalue weighted by Gasteiger charge is -2.04. The summed E-state index contributed by atoms with van der Waals surface area (Å²) in [5.41, 5.74) is 7.02. The number of carbonyl (C=O) groups is 1. The smallest absolute Gasteiger partial charge is 0.148 e.